The van der Waals surface area contributed by atoms with Crippen LogP contribution < -0.4 is 20.1 Å². The summed E-state index contributed by atoms with van der Waals surface area (Å²) in [5.74, 6) is 2.76. The van der Waals surface area contributed by atoms with Gasteiger partial charge in [0.2, 0.25) is 0 Å². The lowest BCUT2D eigenvalue weighted by Crippen LogP contribution is -2.03. The number of aromatic nitrogens is 2. The molecule has 0 bridgehead atoms. The van der Waals surface area contributed by atoms with Crippen LogP contribution in [0, 0.1) is 6.92 Å². The Bertz CT molecular complexity index is 1010. The maximum atomic E-state index is 11.5. The first-order chi connectivity index (χ1) is 14.0. The van der Waals surface area contributed by atoms with Gasteiger partial charge < -0.3 is 24.8 Å². The van der Waals surface area contributed by atoms with Gasteiger partial charge in [-0.3, -0.25) is 0 Å². The lowest BCUT2D eigenvalue weighted by molar-refractivity contribution is 0.0601. The predicted molar refractivity (Wildman–Crippen MR) is 111 cm³/mol. The summed E-state index contributed by atoms with van der Waals surface area (Å²) in [4.78, 5) is 20.4. The molecule has 0 aliphatic heterocycles. The predicted octanol–water partition coefficient (Wildman–Crippen LogP) is 4.08. The average molecular weight is 394 g/mol. The van der Waals surface area contributed by atoms with Gasteiger partial charge in [0.15, 0.2) is 0 Å². The first-order valence-corrected chi connectivity index (χ1v) is 8.82. The first kappa shape index (κ1) is 19.9. The van der Waals surface area contributed by atoms with Crippen LogP contribution in [-0.4, -0.2) is 37.3 Å². The largest absolute Gasteiger partial charge is 0.497 e. The van der Waals surface area contributed by atoms with E-state index in [0.717, 1.165) is 11.4 Å². The molecule has 8 heteroatoms. The van der Waals surface area contributed by atoms with Crippen LogP contribution in [0.2, 0.25) is 0 Å². The molecule has 0 saturated carbocycles. The second-order valence-corrected chi connectivity index (χ2v) is 6.07. The summed E-state index contributed by atoms with van der Waals surface area (Å²) in [7, 11) is 4.55. The van der Waals surface area contributed by atoms with E-state index in [1.807, 2.05) is 19.1 Å². The highest BCUT2D eigenvalue weighted by atomic mass is 16.5. The molecule has 0 atom stereocenters. The molecule has 0 amide bonds. The second kappa shape index (κ2) is 8.92. The van der Waals surface area contributed by atoms with Crippen molar-refractivity contribution >= 4 is 29.0 Å². The topological polar surface area (TPSA) is 94.6 Å². The molecule has 150 valence electrons. The third kappa shape index (κ3) is 4.92. The molecule has 0 unspecified atom stereocenters. The van der Waals surface area contributed by atoms with E-state index in [0.29, 0.717) is 34.5 Å². The van der Waals surface area contributed by atoms with E-state index in [4.69, 9.17) is 14.2 Å². The number of anilines is 4. The zero-order valence-corrected chi connectivity index (χ0v) is 16.6. The molecule has 0 saturated heterocycles. The van der Waals surface area contributed by atoms with Gasteiger partial charge in [0.05, 0.1) is 32.6 Å². The fourth-order valence-corrected chi connectivity index (χ4v) is 2.69. The summed E-state index contributed by atoms with van der Waals surface area (Å²) in [5.41, 5.74) is 2.01. The zero-order valence-electron chi connectivity index (χ0n) is 16.6. The number of hydrogen-bond donors (Lipinski definition) is 2. The Hall–Kier alpha value is -3.81. The molecule has 0 fully saturated rings. The van der Waals surface area contributed by atoms with Gasteiger partial charge in [0.25, 0.3) is 0 Å². The Kier molecular flexibility index (Phi) is 6.13. The standard InChI is InChI=1S/C21H22N4O4/c1-13-22-19(24-15-7-5-14(6-8-15)21(26)29-4)12-20(23-13)25-17-10-9-16(27-2)11-18(17)28-3/h5-12H,1-4H3,(H2,22,23,24,25). The van der Waals surface area contributed by atoms with Crippen molar-refractivity contribution in [3.63, 3.8) is 0 Å². The minimum absolute atomic E-state index is 0.380. The number of esters is 1. The summed E-state index contributed by atoms with van der Waals surface area (Å²) in [6.07, 6.45) is 0. The smallest absolute Gasteiger partial charge is 0.337 e. The highest BCUT2D eigenvalue weighted by molar-refractivity contribution is 5.89. The van der Waals surface area contributed by atoms with Crippen LogP contribution in [-0.2, 0) is 4.74 Å². The van der Waals surface area contributed by atoms with Crippen LogP contribution in [0.15, 0.2) is 48.5 Å². The summed E-state index contributed by atoms with van der Waals surface area (Å²) in [5, 5.41) is 6.45. The fourth-order valence-electron chi connectivity index (χ4n) is 2.69. The number of nitrogens with one attached hydrogen (secondary N) is 2. The van der Waals surface area contributed by atoms with E-state index in [-0.39, 0.29) is 5.97 Å². The van der Waals surface area contributed by atoms with Crippen LogP contribution in [0.1, 0.15) is 16.2 Å². The van der Waals surface area contributed by atoms with Gasteiger partial charge in [-0.2, -0.15) is 0 Å². The Labute approximate surface area is 168 Å². The molecule has 8 nitrogen and oxygen atoms in total. The normalized spacial score (nSPS) is 10.2. The van der Waals surface area contributed by atoms with Gasteiger partial charge in [-0.25, -0.2) is 14.8 Å². The zero-order chi connectivity index (χ0) is 20.8. The van der Waals surface area contributed by atoms with Crippen LogP contribution in [0.5, 0.6) is 11.5 Å². The van der Waals surface area contributed by atoms with Crippen LogP contribution in [0.3, 0.4) is 0 Å². The number of carbonyl (C=O) groups excluding carboxylic acids is 1. The van der Waals surface area contributed by atoms with Crippen molar-refractivity contribution in [2.75, 3.05) is 32.0 Å². The Balaban J connectivity index is 1.80. The van der Waals surface area contributed by atoms with Gasteiger partial charge >= 0.3 is 5.97 Å². The molecule has 0 aliphatic carbocycles. The van der Waals surface area contributed by atoms with Crippen molar-refractivity contribution in [2.45, 2.75) is 6.92 Å². The highest BCUT2D eigenvalue weighted by Gasteiger charge is 2.09. The molecule has 2 N–H and O–H groups in total. The van der Waals surface area contributed by atoms with E-state index < -0.39 is 0 Å². The number of methoxy groups -OCH3 is 3. The molecule has 3 rings (SSSR count). The van der Waals surface area contributed by atoms with Crippen molar-refractivity contribution in [1.29, 1.82) is 0 Å². The number of hydrogen-bond acceptors (Lipinski definition) is 8. The molecule has 2 aromatic carbocycles. The lowest BCUT2D eigenvalue weighted by atomic mass is 10.2. The first-order valence-electron chi connectivity index (χ1n) is 8.82. The van der Waals surface area contributed by atoms with Crippen LogP contribution in [0.25, 0.3) is 0 Å². The lowest BCUT2D eigenvalue weighted by Gasteiger charge is -2.13. The molecular weight excluding hydrogens is 372 g/mol. The number of benzene rings is 2. The summed E-state index contributed by atoms with van der Waals surface area (Å²) < 4.78 is 15.4. The Morgan fingerprint density at radius 2 is 1.55 bits per heavy atom. The summed E-state index contributed by atoms with van der Waals surface area (Å²) >= 11 is 0. The van der Waals surface area contributed by atoms with Crippen molar-refractivity contribution in [3.05, 3.63) is 59.9 Å². The van der Waals surface area contributed by atoms with Crippen molar-refractivity contribution in [2.24, 2.45) is 0 Å². The maximum Gasteiger partial charge on any atom is 0.337 e. The Morgan fingerprint density at radius 1 is 0.862 bits per heavy atom. The third-order valence-corrected chi connectivity index (χ3v) is 4.09. The maximum absolute atomic E-state index is 11.5. The van der Waals surface area contributed by atoms with E-state index in [1.165, 1.54) is 7.11 Å². The van der Waals surface area contributed by atoms with Gasteiger partial charge in [0.1, 0.15) is 29.0 Å². The van der Waals surface area contributed by atoms with Gasteiger partial charge in [-0.15, -0.1) is 0 Å². The minimum Gasteiger partial charge on any atom is -0.497 e. The monoisotopic (exact) mass is 394 g/mol. The average Bonchev–Trinajstić information content (AvgIpc) is 2.73. The molecule has 0 spiro atoms. The fraction of sp³-hybridized carbons (Fsp3) is 0.190. The van der Waals surface area contributed by atoms with Crippen LogP contribution in [0.4, 0.5) is 23.0 Å². The quantitative estimate of drug-likeness (QED) is 0.579. The summed E-state index contributed by atoms with van der Waals surface area (Å²) in [6, 6.07) is 14.2. The molecule has 0 radical (unpaired) electrons. The van der Waals surface area contributed by atoms with Gasteiger partial charge in [0, 0.05) is 17.8 Å². The number of rotatable bonds is 7. The molecule has 0 aliphatic rings. The van der Waals surface area contributed by atoms with Crippen molar-refractivity contribution < 1.29 is 19.0 Å². The third-order valence-electron chi connectivity index (χ3n) is 4.09. The molecule has 29 heavy (non-hydrogen) atoms. The number of ether oxygens (including phenoxy) is 3. The van der Waals surface area contributed by atoms with E-state index in [1.54, 1.807) is 50.6 Å². The number of nitrogens with zero attached hydrogens (tertiary/aromatic N) is 2. The minimum atomic E-state index is -0.380. The molecule has 1 aromatic heterocycles. The van der Waals surface area contributed by atoms with Crippen LogP contribution >= 0.6 is 0 Å². The number of carbonyl (C=O) groups is 1. The van der Waals surface area contributed by atoms with Crippen molar-refractivity contribution in [3.8, 4) is 11.5 Å². The second-order valence-electron chi connectivity index (χ2n) is 6.07. The molecular formula is C21H22N4O4. The van der Waals surface area contributed by atoms with Gasteiger partial charge in [-0.05, 0) is 43.3 Å². The SMILES string of the molecule is COC(=O)c1ccc(Nc2cc(Nc3ccc(OC)cc3OC)nc(C)n2)cc1. The molecule has 1 heterocycles. The Morgan fingerprint density at radius 3 is 2.17 bits per heavy atom. The highest BCUT2D eigenvalue weighted by Crippen LogP contribution is 2.31. The van der Waals surface area contributed by atoms with Crippen molar-refractivity contribution in [1.82, 2.24) is 9.97 Å². The molecule has 3 aromatic rings. The van der Waals surface area contributed by atoms with E-state index >= 15 is 0 Å². The van der Waals surface area contributed by atoms with Gasteiger partial charge in [-0.1, -0.05) is 0 Å². The van der Waals surface area contributed by atoms with E-state index in [2.05, 4.69) is 20.6 Å². The number of aryl methyl sites for hydroxylation is 1. The van der Waals surface area contributed by atoms with E-state index in [9.17, 15) is 4.79 Å². The summed E-state index contributed by atoms with van der Waals surface area (Å²) in [6.45, 7) is 1.81.